The van der Waals surface area contributed by atoms with Crippen LogP contribution in [0.2, 0.25) is 0 Å². The molecule has 1 spiro atoms. The number of likely N-dealkylation sites (tertiary alicyclic amines) is 1. The number of nitrogens with two attached hydrogens (primary N) is 1. The molecule has 1 aromatic rings. The predicted molar refractivity (Wildman–Crippen MR) is 92.7 cm³/mol. The van der Waals surface area contributed by atoms with E-state index in [2.05, 4.69) is 29.2 Å². The summed E-state index contributed by atoms with van der Waals surface area (Å²) in [7, 11) is 0. The summed E-state index contributed by atoms with van der Waals surface area (Å²) in [5, 5.41) is 0. The lowest BCUT2D eigenvalue weighted by Gasteiger charge is -2.37. The van der Waals surface area contributed by atoms with Crippen LogP contribution >= 0.6 is 0 Å². The second kappa shape index (κ2) is 5.88. The molecule has 3 fully saturated rings. The van der Waals surface area contributed by atoms with Crippen molar-refractivity contribution in [2.24, 2.45) is 11.1 Å². The molecule has 0 aromatic heterocycles. The molecule has 1 aromatic carbocycles. The molecule has 0 radical (unpaired) electrons. The Bertz CT molecular complexity index is 643. The molecule has 4 rings (SSSR count). The fraction of sp³-hybridized carbons (Fsp3) is 0.579. The Labute approximate surface area is 142 Å². The normalized spacial score (nSPS) is 23.8. The smallest absolute Gasteiger partial charge is 0.233 e. The molecule has 2 saturated heterocycles. The molecule has 24 heavy (non-hydrogen) atoms. The van der Waals surface area contributed by atoms with E-state index >= 15 is 0 Å². The van der Waals surface area contributed by atoms with Crippen LogP contribution in [0.4, 0.5) is 5.69 Å². The summed E-state index contributed by atoms with van der Waals surface area (Å²) in [6.45, 7) is 2.67. The number of piperidine rings is 1. The van der Waals surface area contributed by atoms with Gasteiger partial charge in [-0.25, -0.2) is 0 Å². The first-order valence-electron chi connectivity index (χ1n) is 9.00. The summed E-state index contributed by atoms with van der Waals surface area (Å²) in [6, 6.07) is 8.57. The van der Waals surface area contributed by atoms with Gasteiger partial charge < -0.3 is 10.6 Å². The number of primary amides is 1. The molecule has 2 amide bonds. The van der Waals surface area contributed by atoms with E-state index in [0.29, 0.717) is 6.54 Å². The number of hydrogen-bond donors (Lipinski definition) is 1. The van der Waals surface area contributed by atoms with E-state index < -0.39 is 0 Å². The van der Waals surface area contributed by atoms with E-state index in [1.54, 1.807) is 0 Å². The highest BCUT2D eigenvalue weighted by atomic mass is 16.2. The second-order valence-corrected chi connectivity index (χ2v) is 7.60. The topological polar surface area (TPSA) is 66.6 Å². The number of amides is 2. The van der Waals surface area contributed by atoms with Crippen LogP contribution in [0.1, 0.15) is 43.6 Å². The van der Waals surface area contributed by atoms with Gasteiger partial charge in [0.1, 0.15) is 0 Å². The lowest BCUT2D eigenvalue weighted by molar-refractivity contribution is -0.128. The van der Waals surface area contributed by atoms with Crippen molar-refractivity contribution in [3.05, 3.63) is 29.8 Å². The summed E-state index contributed by atoms with van der Waals surface area (Å²) in [4.78, 5) is 28.1. The lowest BCUT2D eigenvalue weighted by Crippen LogP contribution is -2.46. The molecule has 128 valence electrons. The standard InChI is InChI=1S/C19H25N3O2/c20-17(23)13-21-10-7-19(8-11-21)9-12-22(18(19)24)16-5-3-15(4-6-16)14-1-2-14/h3-6,14H,1-2,7-13H2,(H2,20,23). The third kappa shape index (κ3) is 2.81. The summed E-state index contributed by atoms with van der Waals surface area (Å²) in [6.07, 6.45) is 5.17. The van der Waals surface area contributed by atoms with Crippen LogP contribution in [-0.2, 0) is 9.59 Å². The van der Waals surface area contributed by atoms with Crippen LogP contribution in [0.15, 0.2) is 24.3 Å². The number of rotatable bonds is 4. The Hall–Kier alpha value is -1.88. The Balaban J connectivity index is 1.43. The van der Waals surface area contributed by atoms with Gasteiger partial charge in [-0.15, -0.1) is 0 Å². The Morgan fingerprint density at radius 2 is 1.71 bits per heavy atom. The van der Waals surface area contributed by atoms with Gasteiger partial charge in [0.05, 0.1) is 12.0 Å². The summed E-state index contributed by atoms with van der Waals surface area (Å²) >= 11 is 0. The highest BCUT2D eigenvalue weighted by molar-refractivity contribution is 6.00. The van der Waals surface area contributed by atoms with Crippen LogP contribution in [0.5, 0.6) is 0 Å². The van der Waals surface area contributed by atoms with Crippen molar-refractivity contribution in [3.63, 3.8) is 0 Å². The summed E-state index contributed by atoms with van der Waals surface area (Å²) in [5.41, 5.74) is 7.47. The monoisotopic (exact) mass is 327 g/mol. The van der Waals surface area contributed by atoms with Gasteiger partial charge in [-0.1, -0.05) is 12.1 Å². The number of carbonyl (C=O) groups excluding carboxylic acids is 2. The van der Waals surface area contributed by atoms with Crippen molar-refractivity contribution < 1.29 is 9.59 Å². The first-order chi connectivity index (χ1) is 11.6. The van der Waals surface area contributed by atoms with E-state index in [4.69, 9.17) is 5.73 Å². The minimum Gasteiger partial charge on any atom is -0.369 e. The van der Waals surface area contributed by atoms with Gasteiger partial charge in [0.2, 0.25) is 11.8 Å². The molecular weight excluding hydrogens is 302 g/mol. The number of hydrogen-bond acceptors (Lipinski definition) is 3. The minimum atomic E-state index is -0.291. The maximum absolute atomic E-state index is 13.1. The van der Waals surface area contributed by atoms with Crippen molar-refractivity contribution in [2.75, 3.05) is 31.1 Å². The Morgan fingerprint density at radius 1 is 1.08 bits per heavy atom. The molecule has 0 unspecified atom stereocenters. The highest BCUT2D eigenvalue weighted by Gasteiger charge is 2.48. The van der Waals surface area contributed by atoms with Crippen LogP contribution in [-0.4, -0.2) is 42.9 Å². The first kappa shape index (κ1) is 15.6. The third-order valence-electron chi connectivity index (χ3n) is 5.96. The van der Waals surface area contributed by atoms with Gasteiger partial charge in [0, 0.05) is 12.2 Å². The zero-order chi connectivity index (χ0) is 16.7. The number of nitrogens with zero attached hydrogens (tertiary/aromatic N) is 2. The van der Waals surface area contributed by atoms with Crippen LogP contribution in [0.3, 0.4) is 0 Å². The van der Waals surface area contributed by atoms with E-state index in [1.807, 2.05) is 4.90 Å². The third-order valence-corrected chi connectivity index (χ3v) is 5.96. The van der Waals surface area contributed by atoms with E-state index in [1.165, 1.54) is 18.4 Å². The molecule has 2 N–H and O–H groups in total. The predicted octanol–water partition coefficient (Wildman–Crippen LogP) is 1.87. The maximum atomic E-state index is 13.1. The summed E-state index contributed by atoms with van der Waals surface area (Å²) < 4.78 is 0. The molecule has 1 saturated carbocycles. The van der Waals surface area contributed by atoms with Gasteiger partial charge in [0.25, 0.3) is 0 Å². The average Bonchev–Trinajstić information content (AvgIpc) is 3.37. The largest absolute Gasteiger partial charge is 0.369 e. The molecular formula is C19H25N3O2. The molecule has 0 atom stereocenters. The van der Waals surface area contributed by atoms with Gasteiger partial charge >= 0.3 is 0 Å². The number of benzene rings is 1. The van der Waals surface area contributed by atoms with Crippen LogP contribution < -0.4 is 10.6 Å². The number of carbonyl (C=O) groups is 2. The second-order valence-electron chi connectivity index (χ2n) is 7.60. The number of anilines is 1. The van der Waals surface area contributed by atoms with E-state index in [9.17, 15) is 9.59 Å². The van der Waals surface area contributed by atoms with Crippen molar-refractivity contribution in [3.8, 4) is 0 Å². The fourth-order valence-corrected chi connectivity index (χ4v) is 4.23. The van der Waals surface area contributed by atoms with E-state index in [-0.39, 0.29) is 17.2 Å². The molecule has 5 nitrogen and oxygen atoms in total. The quantitative estimate of drug-likeness (QED) is 0.918. The van der Waals surface area contributed by atoms with Gasteiger partial charge in [-0.05, 0) is 68.8 Å². The minimum absolute atomic E-state index is 0.233. The van der Waals surface area contributed by atoms with Gasteiger partial charge in [-0.3, -0.25) is 14.5 Å². The molecule has 2 aliphatic heterocycles. The van der Waals surface area contributed by atoms with Crippen molar-refractivity contribution in [2.45, 2.75) is 38.0 Å². The molecule has 2 heterocycles. The zero-order valence-electron chi connectivity index (χ0n) is 14.0. The first-order valence-corrected chi connectivity index (χ1v) is 9.00. The van der Waals surface area contributed by atoms with Crippen LogP contribution in [0.25, 0.3) is 0 Å². The summed E-state index contributed by atoms with van der Waals surface area (Å²) in [5.74, 6) is 0.718. The van der Waals surface area contributed by atoms with Crippen LogP contribution in [0, 0.1) is 5.41 Å². The molecule has 3 aliphatic rings. The Kier molecular flexibility index (Phi) is 3.83. The van der Waals surface area contributed by atoms with Gasteiger partial charge in [0.15, 0.2) is 0 Å². The highest BCUT2D eigenvalue weighted by Crippen LogP contribution is 2.44. The lowest BCUT2D eigenvalue weighted by atomic mass is 9.77. The van der Waals surface area contributed by atoms with Crippen molar-refractivity contribution in [1.29, 1.82) is 0 Å². The maximum Gasteiger partial charge on any atom is 0.233 e. The molecule has 5 heteroatoms. The van der Waals surface area contributed by atoms with Gasteiger partial charge in [-0.2, -0.15) is 0 Å². The molecule has 0 bridgehead atoms. The fourth-order valence-electron chi connectivity index (χ4n) is 4.23. The van der Waals surface area contributed by atoms with Crippen molar-refractivity contribution in [1.82, 2.24) is 4.90 Å². The SMILES string of the molecule is NC(=O)CN1CCC2(CC1)CCN(c1ccc(C3CC3)cc1)C2=O. The van der Waals surface area contributed by atoms with E-state index in [0.717, 1.165) is 50.5 Å². The molecule has 1 aliphatic carbocycles. The average molecular weight is 327 g/mol. The van der Waals surface area contributed by atoms with Crippen molar-refractivity contribution >= 4 is 17.5 Å². The Morgan fingerprint density at radius 3 is 2.29 bits per heavy atom. The zero-order valence-corrected chi connectivity index (χ0v) is 14.0.